The lowest BCUT2D eigenvalue weighted by atomic mass is 9.83. The summed E-state index contributed by atoms with van der Waals surface area (Å²) in [6.07, 6.45) is 8.67. The number of rotatable bonds is 5. The van der Waals surface area contributed by atoms with Crippen molar-refractivity contribution in [2.75, 3.05) is 32.8 Å². The molecule has 0 saturated carbocycles. The Hall–Kier alpha value is -3.39. The minimum Gasteiger partial charge on any atom is -0.449 e. The molecular weight excluding hydrogens is 478 g/mol. The average molecular weight is 508 g/mol. The molecule has 0 N–H and O–H groups in total. The van der Waals surface area contributed by atoms with Crippen LogP contribution in [0.4, 0.5) is 4.79 Å². The average Bonchev–Trinajstić information content (AvgIpc) is 3.34. The van der Waals surface area contributed by atoms with Crippen molar-refractivity contribution in [3.8, 4) is 0 Å². The summed E-state index contributed by atoms with van der Waals surface area (Å²) in [5.74, 6) is 0.289. The van der Waals surface area contributed by atoms with Crippen LogP contribution in [0.25, 0.3) is 10.9 Å². The van der Waals surface area contributed by atoms with Crippen LogP contribution in [0, 0.1) is 0 Å². The molecule has 188 valence electrons. The Kier molecular flexibility index (Phi) is 6.96. The first-order valence-corrected chi connectivity index (χ1v) is 12.7. The van der Waals surface area contributed by atoms with Gasteiger partial charge in [0.15, 0.2) is 0 Å². The largest absolute Gasteiger partial charge is 0.449 e. The first-order valence-electron chi connectivity index (χ1n) is 12.4. The number of benzene rings is 1. The van der Waals surface area contributed by atoms with Gasteiger partial charge >= 0.3 is 6.09 Å². The number of pyridine rings is 1. The van der Waals surface area contributed by atoms with Gasteiger partial charge in [0.05, 0.1) is 23.3 Å². The van der Waals surface area contributed by atoms with Crippen LogP contribution in [0.15, 0.2) is 43.2 Å². The lowest BCUT2D eigenvalue weighted by Crippen LogP contribution is -2.50. The summed E-state index contributed by atoms with van der Waals surface area (Å²) in [5.41, 5.74) is 4.64. The van der Waals surface area contributed by atoms with Gasteiger partial charge in [-0.2, -0.15) is 5.10 Å². The van der Waals surface area contributed by atoms with Crippen LogP contribution in [0.2, 0.25) is 5.02 Å². The number of aryl methyl sites for hydroxylation is 1. The number of hydrogen-bond donors (Lipinski definition) is 0. The van der Waals surface area contributed by atoms with E-state index >= 15 is 0 Å². The predicted octanol–water partition coefficient (Wildman–Crippen LogP) is 4.36. The molecule has 1 saturated heterocycles. The number of nitrogens with zero attached hydrogens (tertiary/aromatic N) is 5. The third-order valence-electron chi connectivity index (χ3n) is 7.10. The molecule has 1 fully saturated rings. The second-order valence-electron chi connectivity index (χ2n) is 9.44. The zero-order valence-corrected chi connectivity index (χ0v) is 21.2. The molecule has 1 aliphatic heterocycles. The fourth-order valence-corrected chi connectivity index (χ4v) is 5.42. The van der Waals surface area contributed by atoms with E-state index in [2.05, 4.69) is 17.9 Å². The van der Waals surface area contributed by atoms with E-state index < -0.39 is 0 Å². The molecule has 2 aliphatic rings. The van der Waals surface area contributed by atoms with Crippen LogP contribution in [-0.4, -0.2) is 69.4 Å². The second kappa shape index (κ2) is 10.3. The third kappa shape index (κ3) is 4.82. The van der Waals surface area contributed by atoms with E-state index in [9.17, 15) is 9.59 Å². The molecule has 1 unspecified atom stereocenters. The lowest BCUT2D eigenvalue weighted by Gasteiger charge is -2.34. The number of halogens is 1. The van der Waals surface area contributed by atoms with Crippen molar-refractivity contribution in [1.82, 2.24) is 24.6 Å². The van der Waals surface area contributed by atoms with Gasteiger partial charge in [-0.15, -0.1) is 6.58 Å². The van der Waals surface area contributed by atoms with Gasteiger partial charge in [0, 0.05) is 56.1 Å². The van der Waals surface area contributed by atoms with E-state index in [-0.39, 0.29) is 12.0 Å². The fraction of sp³-hybridized carbons (Fsp3) is 0.407. The first kappa shape index (κ1) is 24.3. The lowest BCUT2D eigenvalue weighted by molar-refractivity contribution is 0.0564. The van der Waals surface area contributed by atoms with Crippen LogP contribution in [-0.2, 0) is 24.6 Å². The zero-order chi connectivity index (χ0) is 25.2. The molecule has 5 rings (SSSR count). The number of amides is 2. The highest BCUT2D eigenvalue weighted by Crippen LogP contribution is 2.38. The van der Waals surface area contributed by atoms with Crippen molar-refractivity contribution in [2.24, 2.45) is 7.05 Å². The number of carbonyl (C=O) groups is 2. The Labute approximate surface area is 215 Å². The van der Waals surface area contributed by atoms with Gasteiger partial charge in [-0.3, -0.25) is 14.5 Å². The molecular formula is C27H30ClN5O3. The van der Waals surface area contributed by atoms with Crippen molar-refractivity contribution in [2.45, 2.75) is 31.6 Å². The van der Waals surface area contributed by atoms with Crippen molar-refractivity contribution in [1.29, 1.82) is 0 Å². The molecule has 1 aromatic carbocycles. The van der Waals surface area contributed by atoms with E-state index in [1.807, 2.05) is 36.1 Å². The Bertz CT molecular complexity index is 1310. The summed E-state index contributed by atoms with van der Waals surface area (Å²) in [6.45, 7) is 5.75. The maximum absolute atomic E-state index is 13.3. The van der Waals surface area contributed by atoms with Gasteiger partial charge < -0.3 is 14.5 Å². The molecule has 0 spiro atoms. The predicted molar refractivity (Wildman–Crippen MR) is 138 cm³/mol. The van der Waals surface area contributed by atoms with Crippen LogP contribution >= 0.6 is 11.6 Å². The Morgan fingerprint density at radius 3 is 2.72 bits per heavy atom. The van der Waals surface area contributed by atoms with Crippen LogP contribution in [0.1, 0.15) is 45.9 Å². The van der Waals surface area contributed by atoms with Crippen LogP contribution < -0.4 is 0 Å². The molecule has 0 radical (unpaired) electrons. The van der Waals surface area contributed by atoms with E-state index in [1.54, 1.807) is 15.9 Å². The van der Waals surface area contributed by atoms with Gasteiger partial charge in [0.1, 0.15) is 0 Å². The standard InChI is InChI=1S/C27H30ClN5O3/c1-3-4-13-36-27(35)33-11-9-32(10-12-33)26(34)19-6-8-22-24(15-19)30-23-14-18(5-7-21(23)25(22)28)20-16-29-31(2)17-20/h3,6,8,15-18H,1,4-5,7,9-14H2,2H3. The van der Waals surface area contributed by atoms with Crippen LogP contribution in [0.5, 0.6) is 0 Å². The number of piperazine rings is 1. The van der Waals surface area contributed by atoms with Gasteiger partial charge in [-0.05, 0) is 54.9 Å². The minimum atomic E-state index is -0.345. The van der Waals surface area contributed by atoms with Crippen molar-refractivity contribution in [3.63, 3.8) is 0 Å². The summed E-state index contributed by atoms with van der Waals surface area (Å²) in [7, 11) is 1.93. The highest BCUT2D eigenvalue weighted by atomic mass is 35.5. The molecule has 2 aromatic heterocycles. The Morgan fingerprint density at radius 2 is 2.00 bits per heavy atom. The van der Waals surface area contributed by atoms with Crippen molar-refractivity contribution >= 4 is 34.5 Å². The fourth-order valence-electron chi connectivity index (χ4n) is 5.05. The van der Waals surface area contributed by atoms with E-state index in [0.717, 1.165) is 46.4 Å². The molecule has 1 atom stereocenters. The first-order chi connectivity index (χ1) is 17.4. The quantitative estimate of drug-likeness (QED) is 0.378. The molecule has 0 bridgehead atoms. The highest BCUT2D eigenvalue weighted by molar-refractivity contribution is 6.36. The summed E-state index contributed by atoms with van der Waals surface area (Å²) in [4.78, 5) is 33.8. The van der Waals surface area contributed by atoms with Gasteiger partial charge in [0.2, 0.25) is 0 Å². The number of aromatic nitrogens is 3. The maximum atomic E-state index is 13.3. The van der Waals surface area contributed by atoms with Crippen LogP contribution in [0.3, 0.4) is 0 Å². The van der Waals surface area contributed by atoms with Gasteiger partial charge in [-0.25, -0.2) is 4.79 Å². The van der Waals surface area contributed by atoms with Gasteiger partial charge in [0.25, 0.3) is 5.91 Å². The van der Waals surface area contributed by atoms with E-state index in [0.29, 0.717) is 50.7 Å². The minimum absolute atomic E-state index is 0.0690. The number of carbonyl (C=O) groups excluding carboxylic acids is 2. The van der Waals surface area contributed by atoms with Crippen molar-refractivity contribution in [3.05, 3.63) is 70.7 Å². The number of hydrogen-bond acceptors (Lipinski definition) is 5. The molecule has 1 aliphatic carbocycles. The van der Waals surface area contributed by atoms with Gasteiger partial charge in [-0.1, -0.05) is 23.7 Å². The molecule has 3 aromatic rings. The Morgan fingerprint density at radius 1 is 1.22 bits per heavy atom. The Balaban J connectivity index is 1.30. The smallest absolute Gasteiger partial charge is 0.409 e. The molecule has 8 nitrogen and oxygen atoms in total. The maximum Gasteiger partial charge on any atom is 0.409 e. The molecule has 9 heteroatoms. The SMILES string of the molecule is C=CCCOC(=O)N1CCN(C(=O)c2ccc3c(Cl)c4c(nc3c2)CC(c2cnn(C)c2)CC4)CC1. The third-order valence-corrected chi connectivity index (χ3v) is 7.53. The normalized spacial score (nSPS) is 17.7. The number of fused-ring (bicyclic) bond motifs is 2. The monoisotopic (exact) mass is 507 g/mol. The van der Waals surface area contributed by atoms with E-state index in [1.165, 1.54) is 5.56 Å². The summed E-state index contributed by atoms with van der Waals surface area (Å²) in [6, 6.07) is 5.56. The van der Waals surface area contributed by atoms with E-state index in [4.69, 9.17) is 21.3 Å². The topological polar surface area (TPSA) is 80.6 Å². The highest BCUT2D eigenvalue weighted by Gasteiger charge is 2.28. The molecule has 3 heterocycles. The second-order valence-corrected chi connectivity index (χ2v) is 9.82. The summed E-state index contributed by atoms with van der Waals surface area (Å²) >= 11 is 6.82. The molecule has 2 amide bonds. The summed E-state index contributed by atoms with van der Waals surface area (Å²) < 4.78 is 7.06. The number of ether oxygens (including phenoxy) is 1. The van der Waals surface area contributed by atoms with Crippen molar-refractivity contribution < 1.29 is 14.3 Å². The zero-order valence-electron chi connectivity index (χ0n) is 20.5. The molecule has 36 heavy (non-hydrogen) atoms. The summed E-state index contributed by atoms with van der Waals surface area (Å²) in [5, 5.41) is 5.93.